The maximum absolute atomic E-state index is 12.7. The van der Waals surface area contributed by atoms with Gasteiger partial charge in [-0.25, -0.2) is 4.98 Å². The summed E-state index contributed by atoms with van der Waals surface area (Å²) in [6.07, 6.45) is 1.72. The number of anilines is 2. The summed E-state index contributed by atoms with van der Waals surface area (Å²) in [5, 5.41) is 5.74. The Morgan fingerprint density at radius 1 is 0.938 bits per heavy atom. The van der Waals surface area contributed by atoms with Crippen LogP contribution in [0.5, 0.6) is 11.5 Å². The average molecular weight is 468 g/mol. The zero-order valence-electron chi connectivity index (χ0n) is 17.4. The number of nitrogens with one attached hydrogen (secondary N) is 1. The van der Waals surface area contributed by atoms with Crippen molar-refractivity contribution in [3.63, 3.8) is 0 Å². The van der Waals surface area contributed by atoms with Crippen LogP contribution in [-0.2, 0) is 10.1 Å². The lowest BCUT2D eigenvalue weighted by molar-refractivity contribution is 0.242. The fourth-order valence-corrected chi connectivity index (χ4v) is 4.49. The number of pyridine rings is 1. The van der Waals surface area contributed by atoms with Gasteiger partial charge in [-0.05, 0) is 62.4 Å². The van der Waals surface area contributed by atoms with Gasteiger partial charge in [0, 0.05) is 23.3 Å². The molecule has 0 bridgehead atoms. The highest BCUT2D eigenvalue weighted by atomic mass is 32.2. The molecule has 0 amide bonds. The largest absolute Gasteiger partial charge is 0.491 e. The fraction of sp³-hybridized carbons (Fsp3) is 0.130. The van der Waals surface area contributed by atoms with E-state index in [9.17, 15) is 8.42 Å². The highest BCUT2D eigenvalue weighted by Gasteiger charge is 2.17. The summed E-state index contributed by atoms with van der Waals surface area (Å²) < 4.78 is 36.2. The number of ether oxygens (including phenoxy) is 1. The summed E-state index contributed by atoms with van der Waals surface area (Å²) in [6.45, 7) is 3.81. The van der Waals surface area contributed by atoms with Gasteiger partial charge in [-0.3, -0.25) is 4.98 Å². The third-order valence-electron chi connectivity index (χ3n) is 4.21. The summed E-state index contributed by atoms with van der Waals surface area (Å²) in [6, 6.07) is 18.5. The van der Waals surface area contributed by atoms with Crippen molar-refractivity contribution in [2.45, 2.75) is 24.8 Å². The lowest BCUT2D eigenvalue weighted by atomic mass is 10.3. The molecule has 1 N–H and O–H groups in total. The SMILES string of the molecule is CC(C)Oc1ccc(S(=O)(=O)Oc2cccc(Nc3nc(-c4ccccn4)cs3)c2)cc1. The molecule has 0 aliphatic heterocycles. The van der Waals surface area contributed by atoms with Crippen molar-refractivity contribution in [1.82, 2.24) is 9.97 Å². The zero-order chi connectivity index (χ0) is 22.6. The minimum atomic E-state index is -3.98. The molecule has 7 nitrogen and oxygen atoms in total. The molecule has 0 fully saturated rings. The van der Waals surface area contributed by atoms with E-state index in [1.165, 1.54) is 23.5 Å². The number of thiazole rings is 1. The van der Waals surface area contributed by atoms with Crippen LogP contribution in [0.1, 0.15) is 13.8 Å². The van der Waals surface area contributed by atoms with Crippen molar-refractivity contribution in [3.05, 3.63) is 78.3 Å². The minimum Gasteiger partial charge on any atom is -0.491 e. The van der Waals surface area contributed by atoms with E-state index >= 15 is 0 Å². The number of hydrogen-bond acceptors (Lipinski definition) is 8. The zero-order valence-corrected chi connectivity index (χ0v) is 19.1. The van der Waals surface area contributed by atoms with Gasteiger partial charge in [0.2, 0.25) is 0 Å². The Balaban J connectivity index is 1.46. The molecular formula is C23H21N3O4S2. The smallest absolute Gasteiger partial charge is 0.339 e. The van der Waals surface area contributed by atoms with Gasteiger partial charge >= 0.3 is 10.1 Å². The third-order valence-corrected chi connectivity index (χ3v) is 6.23. The first-order valence-electron chi connectivity index (χ1n) is 9.84. The van der Waals surface area contributed by atoms with Gasteiger partial charge in [0.1, 0.15) is 22.1 Å². The quantitative estimate of drug-likeness (QED) is 0.342. The van der Waals surface area contributed by atoms with E-state index in [-0.39, 0.29) is 16.7 Å². The Bertz CT molecular complexity index is 1290. The van der Waals surface area contributed by atoms with Gasteiger partial charge in [-0.2, -0.15) is 8.42 Å². The predicted octanol–water partition coefficient (Wildman–Crippen LogP) is 5.50. The Morgan fingerprint density at radius 3 is 2.47 bits per heavy atom. The molecule has 32 heavy (non-hydrogen) atoms. The first kappa shape index (κ1) is 21.8. The van der Waals surface area contributed by atoms with Gasteiger partial charge in [-0.15, -0.1) is 11.3 Å². The van der Waals surface area contributed by atoms with Crippen LogP contribution in [0, 0.1) is 0 Å². The molecule has 0 radical (unpaired) electrons. The normalized spacial score (nSPS) is 11.3. The number of benzene rings is 2. The van der Waals surface area contributed by atoms with E-state index in [1.54, 1.807) is 42.6 Å². The first-order chi connectivity index (χ1) is 15.4. The van der Waals surface area contributed by atoms with Crippen LogP contribution in [0.2, 0.25) is 0 Å². The average Bonchev–Trinajstić information content (AvgIpc) is 3.23. The molecule has 0 aliphatic rings. The highest BCUT2D eigenvalue weighted by molar-refractivity contribution is 7.87. The second-order valence-corrected chi connectivity index (χ2v) is 9.49. The van der Waals surface area contributed by atoms with E-state index in [4.69, 9.17) is 8.92 Å². The fourth-order valence-electron chi connectivity index (χ4n) is 2.84. The van der Waals surface area contributed by atoms with Crippen LogP contribution >= 0.6 is 11.3 Å². The molecule has 0 atom stereocenters. The Kier molecular flexibility index (Phi) is 6.38. The molecule has 0 saturated heterocycles. The van der Waals surface area contributed by atoms with Crippen molar-refractivity contribution in [2.75, 3.05) is 5.32 Å². The number of nitrogens with zero attached hydrogens (tertiary/aromatic N) is 2. The molecule has 2 aromatic heterocycles. The molecule has 2 aromatic carbocycles. The van der Waals surface area contributed by atoms with Crippen molar-refractivity contribution in [1.29, 1.82) is 0 Å². The van der Waals surface area contributed by atoms with E-state index in [1.807, 2.05) is 37.4 Å². The van der Waals surface area contributed by atoms with Crippen LogP contribution < -0.4 is 14.2 Å². The number of aromatic nitrogens is 2. The standard InChI is InChI=1S/C23H21N3O4S2/c1-16(2)29-18-9-11-20(12-10-18)32(27,28)30-19-7-5-6-17(14-19)25-23-26-22(15-31-23)21-8-3-4-13-24-21/h3-16H,1-2H3,(H,25,26). The second-order valence-electron chi connectivity index (χ2n) is 7.08. The van der Waals surface area contributed by atoms with Crippen molar-refractivity contribution in [2.24, 2.45) is 0 Å². The van der Waals surface area contributed by atoms with Crippen LogP contribution in [-0.4, -0.2) is 24.5 Å². The van der Waals surface area contributed by atoms with E-state index in [0.717, 1.165) is 11.4 Å². The lowest BCUT2D eigenvalue weighted by Crippen LogP contribution is -2.10. The molecule has 0 unspecified atom stereocenters. The Hall–Kier alpha value is -3.43. The predicted molar refractivity (Wildman–Crippen MR) is 125 cm³/mol. The molecule has 0 spiro atoms. The van der Waals surface area contributed by atoms with Crippen molar-refractivity contribution in [3.8, 4) is 22.9 Å². The van der Waals surface area contributed by atoms with Crippen LogP contribution in [0.15, 0.2) is 83.2 Å². The Morgan fingerprint density at radius 2 is 1.75 bits per heavy atom. The van der Waals surface area contributed by atoms with E-state index < -0.39 is 10.1 Å². The lowest BCUT2D eigenvalue weighted by Gasteiger charge is -2.11. The van der Waals surface area contributed by atoms with Crippen LogP contribution in [0.3, 0.4) is 0 Å². The molecular weight excluding hydrogens is 446 g/mol. The summed E-state index contributed by atoms with van der Waals surface area (Å²) in [4.78, 5) is 8.87. The summed E-state index contributed by atoms with van der Waals surface area (Å²) >= 11 is 1.43. The molecule has 4 rings (SSSR count). The number of hydrogen-bond donors (Lipinski definition) is 1. The molecule has 4 aromatic rings. The van der Waals surface area contributed by atoms with E-state index in [0.29, 0.717) is 16.6 Å². The third kappa shape index (κ3) is 5.43. The second kappa shape index (κ2) is 9.37. The summed E-state index contributed by atoms with van der Waals surface area (Å²) in [7, 11) is -3.98. The molecule has 0 saturated carbocycles. The molecule has 164 valence electrons. The summed E-state index contributed by atoms with van der Waals surface area (Å²) in [5.74, 6) is 0.790. The summed E-state index contributed by atoms with van der Waals surface area (Å²) in [5.41, 5.74) is 2.20. The maximum Gasteiger partial charge on any atom is 0.339 e. The molecule has 0 aliphatic carbocycles. The van der Waals surface area contributed by atoms with Crippen LogP contribution in [0.25, 0.3) is 11.4 Å². The van der Waals surface area contributed by atoms with Gasteiger partial charge in [-0.1, -0.05) is 12.1 Å². The minimum absolute atomic E-state index is 0.00168. The van der Waals surface area contributed by atoms with Crippen LogP contribution in [0.4, 0.5) is 10.8 Å². The highest BCUT2D eigenvalue weighted by Crippen LogP contribution is 2.28. The van der Waals surface area contributed by atoms with Gasteiger partial charge < -0.3 is 14.2 Å². The molecule has 2 heterocycles. The van der Waals surface area contributed by atoms with Crippen molar-refractivity contribution < 1.29 is 17.3 Å². The van der Waals surface area contributed by atoms with Gasteiger partial charge in [0.15, 0.2) is 5.13 Å². The van der Waals surface area contributed by atoms with Gasteiger partial charge in [0.05, 0.1) is 11.8 Å². The monoisotopic (exact) mass is 467 g/mol. The molecule has 9 heteroatoms. The topological polar surface area (TPSA) is 90.4 Å². The Labute approximate surface area is 190 Å². The maximum atomic E-state index is 12.7. The van der Waals surface area contributed by atoms with Crippen molar-refractivity contribution >= 4 is 32.3 Å². The van der Waals surface area contributed by atoms with E-state index in [2.05, 4.69) is 15.3 Å². The first-order valence-corrected chi connectivity index (χ1v) is 12.1. The van der Waals surface area contributed by atoms with Gasteiger partial charge in [0.25, 0.3) is 0 Å². The number of rotatable bonds is 8.